The quantitative estimate of drug-likeness (QED) is 0.574. The van der Waals surface area contributed by atoms with Crippen LogP contribution in [-0.2, 0) is 0 Å². The van der Waals surface area contributed by atoms with Crippen LogP contribution < -0.4 is 9.47 Å². The third kappa shape index (κ3) is 4.14. The van der Waals surface area contributed by atoms with Crippen LogP contribution in [0.5, 0.6) is 17.2 Å². The number of phenols is 1. The second-order valence-corrected chi connectivity index (χ2v) is 5.68. The van der Waals surface area contributed by atoms with Crippen LogP contribution in [-0.4, -0.2) is 24.6 Å². The molecule has 4 nitrogen and oxygen atoms in total. The van der Waals surface area contributed by atoms with E-state index in [9.17, 15) is 14.3 Å². The van der Waals surface area contributed by atoms with Crippen LogP contribution in [0, 0.1) is 5.82 Å². The zero-order valence-electron chi connectivity index (χ0n) is 13.2. The van der Waals surface area contributed by atoms with Gasteiger partial charge in [-0.3, -0.25) is 4.79 Å². The van der Waals surface area contributed by atoms with Crippen LogP contribution in [0.15, 0.2) is 40.9 Å². The number of ketones is 1. The van der Waals surface area contributed by atoms with E-state index in [1.807, 2.05) is 0 Å². The third-order valence-electron chi connectivity index (χ3n) is 3.22. The van der Waals surface area contributed by atoms with Gasteiger partial charge in [-0.05, 0) is 58.8 Å². The van der Waals surface area contributed by atoms with Gasteiger partial charge in [-0.2, -0.15) is 0 Å². The summed E-state index contributed by atoms with van der Waals surface area (Å²) in [5.41, 5.74) is 0.584. The van der Waals surface area contributed by atoms with Crippen molar-refractivity contribution in [2.75, 3.05) is 13.7 Å². The van der Waals surface area contributed by atoms with Crippen molar-refractivity contribution < 1.29 is 23.8 Å². The van der Waals surface area contributed by atoms with Gasteiger partial charge < -0.3 is 14.6 Å². The first-order chi connectivity index (χ1) is 11.5. The standard InChI is InChI=1S/C18H16BrFO4/c1-3-24-17-9-11(8-14(19)18(17)22)4-7-16(21)13-6-5-12(23-2)10-15(13)20/h4-10,22H,3H2,1-2H3/b7-4+. The van der Waals surface area contributed by atoms with Gasteiger partial charge in [0.25, 0.3) is 0 Å². The molecule has 2 aromatic rings. The lowest BCUT2D eigenvalue weighted by atomic mass is 10.1. The van der Waals surface area contributed by atoms with Crippen molar-refractivity contribution in [3.63, 3.8) is 0 Å². The second-order valence-electron chi connectivity index (χ2n) is 4.83. The van der Waals surface area contributed by atoms with E-state index >= 15 is 0 Å². The number of benzene rings is 2. The van der Waals surface area contributed by atoms with Crippen molar-refractivity contribution >= 4 is 27.8 Å². The van der Waals surface area contributed by atoms with Gasteiger partial charge in [0.05, 0.1) is 23.8 Å². The number of aromatic hydroxyl groups is 1. The van der Waals surface area contributed by atoms with Gasteiger partial charge in [-0.15, -0.1) is 0 Å². The first-order valence-electron chi connectivity index (χ1n) is 7.17. The number of methoxy groups -OCH3 is 1. The summed E-state index contributed by atoms with van der Waals surface area (Å²) in [6.45, 7) is 2.19. The molecule has 0 aliphatic rings. The van der Waals surface area contributed by atoms with E-state index in [1.165, 1.54) is 31.4 Å². The molecule has 0 unspecified atom stereocenters. The first-order valence-corrected chi connectivity index (χ1v) is 7.96. The number of hydrogen-bond donors (Lipinski definition) is 1. The average molecular weight is 395 g/mol. The molecular formula is C18H16BrFO4. The Hall–Kier alpha value is -2.34. The van der Waals surface area contributed by atoms with E-state index in [2.05, 4.69) is 15.9 Å². The first kappa shape index (κ1) is 18.0. The molecular weight excluding hydrogens is 379 g/mol. The smallest absolute Gasteiger partial charge is 0.188 e. The molecule has 0 saturated carbocycles. The molecule has 2 aromatic carbocycles. The number of rotatable bonds is 6. The highest BCUT2D eigenvalue weighted by atomic mass is 79.9. The Kier molecular flexibility index (Phi) is 5.98. The Morgan fingerprint density at radius 1 is 1.33 bits per heavy atom. The fourth-order valence-corrected chi connectivity index (χ4v) is 2.50. The maximum absolute atomic E-state index is 13.9. The van der Waals surface area contributed by atoms with Crippen molar-refractivity contribution in [3.05, 3.63) is 57.8 Å². The van der Waals surface area contributed by atoms with E-state index in [-0.39, 0.29) is 11.3 Å². The fraction of sp³-hybridized carbons (Fsp3) is 0.167. The molecule has 0 radical (unpaired) electrons. The minimum Gasteiger partial charge on any atom is -0.503 e. The number of allylic oxidation sites excluding steroid dienone is 1. The highest BCUT2D eigenvalue weighted by molar-refractivity contribution is 9.10. The van der Waals surface area contributed by atoms with E-state index < -0.39 is 11.6 Å². The van der Waals surface area contributed by atoms with E-state index in [0.717, 1.165) is 6.07 Å². The maximum Gasteiger partial charge on any atom is 0.188 e. The van der Waals surface area contributed by atoms with Crippen LogP contribution in [0.4, 0.5) is 4.39 Å². The normalized spacial score (nSPS) is 10.8. The van der Waals surface area contributed by atoms with E-state index in [4.69, 9.17) is 9.47 Å². The lowest BCUT2D eigenvalue weighted by Crippen LogP contribution is -1.99. The molecule has 0 aliphatic carbocycles. The number of ether oxygens (including phenoxy) is 2. The minimum atomic E-state index is -0.647. The topological polar surface area (TPSA) is 55.8 Å². The lowest BCUT2D eigenvalue weighted by molar-refractivity contribution is 0.104. The summed E-state index contributed by atoms with van der Waals surface area (Å²) in [7, 11) is 1.43. The highest BCUT2D eigenvalue weighted by Crippen LogP contribution is 2.35. The summed E-state index contributed by atoms with van der Waals surface area (Å²) in [4.78, 5) is 12.1. The molecule has 1 N–H and O–H groups in total. The molecule has 126 valence electrons. The summed E-state index contributed by atoms with van der Waals surface area (Å²) >= 11 is 3.22. The van der Waals surface area contributed by atoms with E-state index in [0.29, 0.717) is 28.1 Å². The maximum atomic E-state index is 13.9. The monoisotopic (exact) mass is 394 g/mol. The largest absolute Gasteiger partial charge is 0.503 e. The molecule has 2 rings (SSSR count). The molecule has 0 heterocycles. The summed E-state index contributed by atoms with van der Waals surface area (Å²) < 4.78 is 24.6. The van der Waals surface area contributed by atoms with Gasteiger partial charge in [0.1, 0.15) is 11.6 Å². The third-order valence-corrected chi connectivity index (χ3v) is 3.82. The number of phenolic OH excluding ortho intramolecular Hbond substituents is 1. The molecule has 24 heavy (non-hydrogen) atoms. The predicted molar refractivity (Wildman–Crippen MR) is 93.3 cm³/mol. The minimum absolute atomic E-state index is 0.0125. The number of halogens is 2. The molecule has 0 aromatic heterocycles. The van der Waals surface area contributed by atoms with Crippen molar-refractivity contribution in [1.29, 1.82) is 0 Å². The van der Waals surface area contributed by atoms with Crippen molar-refractivity contribution in [2.45, 2.75) is 6.92 Å². The Morgan fingerprint density at radius 2 is 2.08 bits per heavy atom. The van der Waals surface area contributed by atoms with Crippen molar-refractivity contribution in [3.8, 4) is 17.2 Å². The van der Waals surface area contributed by atoms with Crippen molar-refractivity contribution in [2.24, 2.45) is 0 Å². The molecule has 6 heteroatoms. The summed E-state index contributed by atoms with van der Waals surface area (Å²) in [6, 6.07) is 7.28. The summed E-state index contributed by atoms with van der Waals surface area (Å²) in [5.74, 6) is -0.490. The van der Waals surface area contributed by atoms with Crippen LogP contribution in [0.2, 0.25) is 0 Å². The van der Waals surface area contributed by atoms with Crippen LogP contribution in [0.1, 0.15) is 22.8 Å². The number of carbonyl (C=O) groups excluding carboxylic acids is 1. The van der Waals surface area contributed by atoms with E-state index in [1.54, 1.807) is 19.1 Å². The Labute approximate surface area is 147 Å². The Morgan fingerprint density at radius 3 is 2.71 bits per heavy atom. The van der Waals surface area contributed by atoms with Gasteiger partial charge in [0.15, 0.2) is 17.3 Å². The van der Waals surface area contributed by atoms with Crippen LogP contribution >= 0.6 is 15.9 Å². The molecule has 0 amide bonds. The summed E-state index contributed by atoms with van der Waals surface area (Å²) in [6.07, 6.45) is 2.79. The molecule has 0 bridgehead atoms. The number of carbonyl (C=O) groups is 1. The average Bonchev–Trinajstić information content (AvgIpc) is 2.57. The molecule has 0 atom stereocenters. The van der Waals surface area contributed by atoms with Gasteiger partial charge in [0, 0.05) is 6.07 Å². The predicted octanol–water partition coefficient (Wildman–Crippen LogP) is 4.60. The number of hydrogen-bond acceptors (Lipinski definition) is 4. The summed E-state index contributed by atoms with van der Waals surface area (Å²) in [5, 5.41) is 9.87. The second kappa shape index (κ2) is 7.97. The zero-order valence-corrected chi connectivity index (χ0v) is 14.8. The Bertz CT molecular complexity index is 787. The van der Waals surface area contributed by atoms with Crippen molar-refractivity contribution in [1.82, 2.24) is 0 Å². The van der Waals surface area contributed by atoms with Gasteiger partial charge in [-0.25, -0.2) is 4.39 Å². The van der Waals surface area contributed by atoms with Gasteiger partial charge in [0.2, 0.25) is 0 Å². The Balaban J connectivity index is 2.26. The fourth-order valence-electron chi connectivity index (χ4n) is 2.04. The van der Waals surface area contributed by atoms with Gasteiger partial charge >= 0.3 is 0 Å². The molecule has 0 spiro atoms. The van der Waals surface area contributed by atoms with Crippen LogP contribution in [0.3, 0.4) is 0 Å². The lowest BCUT2D eigenvalue weighted by Gasteiger charge is -2.08. The zero-order chi connectivity index (χ0) is 17.7. The molecule has 0 aliphatic heterocycles. The SMILES string of the molecule is CCOc1cc(/C=C/C(=O)c2ccc(OC)cc2F)cc(Br)c1O. The molecule has 0 fully saturated rings. The molecule has 0 saturated heterocycles. The van der Waals surface area contributed by atoms with Gasteiger partial charge in [-0.1, -0.05) is 6.08 Å². The highest BCUT2D eigenvalue weighted by Gasteiger charge is 2.11. The van der Waals surface area contributed by atoms with Crippen LogP contribution in [0.25, 0.3) is 6.08 Å².